The van der Waals surface area contributed by atoms with Gasteiger partial charge in [0.25, 0.3) is 0 Å². The Morgan fingerprint density at radius 2 is 1.79 bits per heavy atom. The van der Waals surface area contributed by atoms with E-state index in [4.69, 9.17) is 0 Å². The van der Waals surface area contributed by atoms with Crippen molar-refractivity contribution in [1.82, 2.24) is 10.6 Å². The van der Waals surface area contributed by atoms with Crippen molar-refractivity contribution < 1.29 is 13.6 Å². The summed E-state index contributed by atoms with van der Waals surface area (Å²) in [7, 11) is 0. The Morgan fingerprint density at radius 1 is 1.14 bits per heavy atom. The monoisotopic (exact) mass is 204 g/mol. The lowest BCUT2D eigenvalue weighted by molar-refractivity contribution is 0.00732. The van der Waals surface area contributed by atoms with E-state index in [1.165, 1.54) is 0 Å². The van der Waals surface area contributed by atoms with Crippen LogP contribution in [-0.4, -0.2) is 24.0 Å². The lowest BCUT2D eigenvalue weighted by atomic mass is 10.2. The zero-order chi connectivity index (χ0) is 10.2. The molecule has 1 atom stereocenters. The molecule has 2 aliphatic carbocycles. The van der Waals surface area contributed by atoms with Crippen molar-refractivity contribution in [3.8, 4) is 0 Å². The Hall–Kier alpha value is -0.870. The van der Waals surface area contributed by atoms with Crippen molar-refractivity contribution >= 4 is 6.03 Å². The number of alkyl halides is 2. The van der Waals surface area contributed by atoms with Gasteiger partial charge in [-0.25, -0.2) is 13.6 Å². The lowest BCUT2D eigenvalue weighted by Gasteiger charge is -2.13. The van der Waals surface area contributed by atoms with E-state index < -0.39 is 5.92 Å². The zero-order valence-corrected chi connectivity index (χ0v) is 7.85. The van der Waals surface area contributed by atoms with Gasteiger partial charge in [0.05, 0.1) is 0 Å². The van der Waals surface area contributed by atoms with E-state index in [1.54, 1.807) is 0 Å². The molecule has 3 nitrogen and oxygen atoms in total. The summed E-state index contributed by atoms with van der Waals surface area (Å²) < 4.78 is 25.5. The number of amides is 2. The van der Waals surface area contributed by atoms with Gasteiger partial charge in [-0.1, -0.05) is 0 Å². The van der Waals surface area contributed by atoms with Crippen LogP contribution in [0.25, 0.3) is 0 Å². The number of hydrogen-bond acceptors (Lipinski definition) is 1. The number of carbonyl (C=O) groups is 1. The van der Waals surface area contributed by atoms with Crippen LogP contribution in [0.15, 0.2) is 0 Å². The molecule has 0 aromatic heterocycles. The first-order valence-corrected chi connectivity index (χ1v) is 5.00. The fraction of sp³-hybridized carbons (Fsp3) is 0.889. The Bertz CT molecular complexity index is 241. The van der Waals surface area contributed by atoms with Gasteiger partial charge in [-0.15, -0.1) is 0 Å². The largest absolute Gasteiger partial charge is 0.335 e. The van der Waals surface area contributed by atoms with Crippen LogP contribution >= 0.6 is 0 Å². The SMILES string of the molecule is O=C(NC1CC1)NC1CCC(F)(F)C1. The summed E-state index contributed by atoms with van der Waals surface area (Å²) in [6.07, 6.45) is 2.07. The molecule has 0 aromatic rings. The van der Waals surface area contributed by atoms with E-state index in [1.807, 2.05) is 0 Å². The van der Waals surface area contributed by atoms with Gasteiger partial charge in [0.1, 0.15) is 0 Å². The highest BCUT2D eigenvalue weighted by Crippen LogP contribution is 2.34. The highest BCUT2D eigenvalue weighted by atomic mass is 19.3. The van der Waals surface area contributed by atoms with Crippen LogP contribution in [0.5, 0.6) is 0 Å². The fourth-order valence-electron chi connectivity index (χ4n) is 1.71. The molecule has 0 radical (unpaired) electrons. The molecule has 0 aliphatic heterocycles. The predicted molar refractivity (Wildman–Crippen MR) is 47.3 cm³/mol. The minimum Gasteiger partial charge on any atom is -0.335 e. The summed E-state index contributed by atoms with van der Waals surface area (Å²) in [6, 6.07) is -0.379. The smallest absolute Gasteiger partial charge is 0.315 e. The summed E-state index contributed by atoms with van der Waals surface area (Å²) in [4.78, 5) is 11.2. The molecule has 2 amide bonds. The number of rotatable bonds is 2. The predicted octanol–water partition coefficient (Wildman–Crippen LogP) is 1.64. The lowest BCUT2D eigenvalue weighted by Crippen LogP contribution is -2.42. The number of hydrogen-bond donors (Lipinski definition) is 2. The molecule has 5 heteroatoms. The van der Waals surface area contributed by atoms with E-state index in [9.17, 15) is 13.6 Å². The van der Waals surface area contributed by atoms with Gasteiger partial charge in [0.15, 0.2) is 0 Å². The molecular formula is C9H14F2N2O. The molecule has 2 saturated carbocycles. The summed E-state index contributed by atoms with van der Waals surface area (Å²) in [5.41, 5.74) is 0. The molecule has 14 heavy (non-hydrogen) atoms. The summed E-state index contributed by atoms with van der Waals surface area (Å²) >= 11 is 0. The maximum Gasteiger partial charge on any atom is 0.315 e. The zero-order valence-electron chi connectivity index (χ0n) is 7.85. The molecular weight excluding hydrogens is 190 g/mol. The van der Waals surface area contributed by atoms with Gasteiger partial charge in [-0.3, -0.25) is 0 Å². The molecule has 2 rings (SSSR count). The molecule has 80 valence electrons. The first-order chi connectivity index (χ1) is 6.55. The Kier molecular flexibility index (Phi) is 2.33. The molecule has 0 bridgehead atoms. The van der Waals surface area contributed by atoms with Gasteiger partial charge < -0.3 is 10.6 Å². The maximum atomic E-state index is 12.7. The summed E-state index contributed by atoms with van der Waals surface area (Å²) in [5, 5.41) is 5.29. The molecule has 0 spiro atoms. The van der Waals surface area contributed by atoms with Crippen molar-refractivity contribution in [3.05, 3.63) is 0 Å². The van der Waals surface area contributed by atoms with E-state index in [0.717, 1.165) is 12.8 Å². The summed E-state index contributed by atoms with van der Waals surface area (Å²) in [6.45, 7) is 0. The molecule has 2 aliphatic rings. The highest BCUT2D eigenvalue weighted by Gasteiger charge is 2.40. The fourth-order valence-corrected chi connectivity index (χ4v) is 1.71. The van der Waals surface area contributed by atoms with Gasteiger partial charge in [0.2, 0.25) is 5.92 Å². The van der Waals surface area contributed by atoms with Gasteiger partial charge in [-0.05, 0) is 19.3 Å². The van der Waals surface area contributed by atoms with E-state index >= 15 is 0 Å². The Labute approximate surface area is 81.2 Å². The minimum atomic E-state index is -2.59. The second-order valence-electron chi connectivity index (χ2n) is 4.19. The van der Waals surface area contributed by atoms with E-state index in [2.05, 4.69) is 10.6 Å². The third-order valence-corrected chi connectivity index (χ3v) is 2.65. The average Bonchev–Trinajstić information content (AvgIpc) is 2.78. The maximum absolute atomic E-state index is 12.7. The van der Waals surface area contributed by atoms with Crippen LogP contribution in [0.3, 0.4) is 0 Å². The van der Waals surface area contributed by atoms with Crippen LogP contribution in [-0.2, 0) is 0 Å². The van der Waals surface area contributed by atoms with Crippen LogP contribution in [0.2, 0.25) is 0 Å². The third-order valence-electron chi connectivity index (χ3n) is 2.65. The third kappa shape index (κ3) is 2.56. The number of urea groups is 1. The van der Waals surface area contributed by atoms with Crippen LogP contribution < -0.4 is 10.6 Å². The summed E-state index contributed by atoms with van der Waals surface area (Å²) in [5.74, 6) is -2.59. The van der Waals surface area contributed by atoms with Crippen LogP contribution in [0.1, 0.15) is 32.1 Å². The van der Waals surface area contributed by atoms with Gasteiger partial charge >= 0.3 is 6.03 Å². The van der Waals surface area contributed by atoms with Crippen LogP contribution in [0, 0.1) is 0 Å². The molecule has 2 N–H and O–H groups in total. The van der Waals surface area contributed by atoms with E-state index in [-0.39, 0.29) is 31.0 Å². The average molecular weight is 204 g/mol. The molecule has 2 fully saturated rings. The number of nitrogens with one attached hydrogen (secondary N) is 2. The Balaban J connectivity index is 1.72. The first-order valence-electron chi connectivity index (χ1n) is 5.00. The normalized spacial score (nSPS) is 30.0. The van der Waals surface area contributed by atoms with Crippen molar-refractivity contribution in [2.45, 2.75) is 50.1 Å². The van der Waals surface area contributed by atoms with Crippen molar-refractivity contribution in [2.24, 2.45) is 0 Å². The molecule has 0 aromatic carbocycles. The van der Waals surface area contributed by atoms with Crippen molar-refractivity contribution in [1.29, 1.82) is 0 Å². The minimum absolute atomic E-state index is 0.110. The first kappa shape index (κ1) is 9.68. The van der Waals surface area contributed by atoms with Crippen molar-refractivity contribution in [3.63, 3.8) is 0 Å². The topological polar surface area (TPSA) is 41.1 Å². The van der Waals surface area contributed by atoms with E-state index in [0.29, 0.717) is 6.42 Å². The molecule has 0 heterocycles. The quantitative estimate of drug-likeness (QED) is 0.705. The van der Waals surface area contributed by atoms with Gasteiger partial charge in [0, 0.05) is 24.9 Å². The highest BCUT2D eigenvalue weighted by molar-refractivity contribution is 5.74. The number of carbonyl (C=O) groups excluding carboxylic acids is 1. The molecule has 1 unspecified atom stereocenters. The second-order valence-corrected chi connectivity index (χ2v) is 4.19. The van der Waals surface area contributed by atoms with Crippen molar-refractivity contribution in [2.75, 3.05) is 0 Å². The van der Waals surface area contributed by atoms with Crippen LogP contribution in [0.4, 0.5) is 13.6 Å². The molecule has 0 saturated heterocycles. The number of halogens is 2. The second kappa shape index (κ2) is 3.37. The standard InChI is InChI=1S/C9H14F2N2O/c10-9(11)4-3-7(5-9)13-8(14)12-6-1-2-6/h6-7H,1-5H2,(H2,12,13,14). The Morgan fingerprint density at radius 3 is 2.29 bits per heavy atom. The van der Waals surface area contributed by atoms with Gasteiger partial charge in [-0.2, -0.15) is 0 Å².